The number of imidazole rings is 1. The summed E-state index contributed by atoms with van der Waals surface area (Å²) in [5.74, 6) is 0. The number of nitrogens with one attached hydrogen (secondary N) is 1. The van der Waals surface area contributed by atoms with E-state index in [2.05, 4.69) is 20.9 Å². The largest absolute Gasteiger partial charge is 0.395 e. The molecule has 4 heterocycles. The monoisotopic (exact) mass is 494 g/mol. The second-order valence-electron chi connectivity index (χ2n) is 8.08. The van der Waals surface area contributed by atoms with E-state index in [0.29, 0.717) is 17.5 Å². The van der Waals surface area contributed by atoms with Crippen LogP contribution in [0, 0.1) is 0 Å². The van der Waals surface area contributed by atoms with Crippen LogP contribution in [0.3, 0.4) is 0 Å². The summed E-state index contributed by atoms with van der Waals surface area (Å²) in [6.07, 6.45) is 5.58. The minimum Gasteiger partial charge on any atom is -0.395 e. The van der Waals surface area contributed by atoms with E-state index in [1.54, 1.807) is 0 Å². The molecule has 10 heteroatoms. The molecule has 0 aliphatic carbocycles. The van der Waals surface area contributed by atoms with Crippen molar-refractivity contribution in [2.45, 2.75) is 48.3 Å². The van der Waals surface area contributed by atoms with E-state index in [0.717, 1.165) is 72.5 Å². The average molecular weight is 496 g/mol. The molecule has 30 heavy (non-hydrogen) atoms. The molecular weight excluding hydrogens is 467 g/mol. The SMILES string of the molecule is Cl.Cl.OCCN1CCN(c2cc3nc(SC4C[C@H]5CC[C@@H](C4)O5)[nH]c3cc2Cl)CC1. The van der Waals surface area contributed by atoms with Crippen molar-refractivity contribution < 1.29 is 9.84 Å². The molecule has 3 aliphatic heterocycles. The van der Waals surface area contributed by atoms with Crippen LogP contribution >= 0.6 is 48.2 Å². The number of H-pyrrole nitrogens is 1. The Hall–Kier alpha value is -0.410. The lowest BCUT2D eigenvalue weighted by molar-refractivity contribution is 0.00861. The van der Waals surface area contributed by atoms with Crippen LogP contribution < -0.4 is 4.90 Å². The van der Waals surface area contributed by atoms with Gasteiger partial charge in [-0.1, -0.05) is 23.4 Å². The summed E-state index contributed by atoms with van der Waals surface area (Å²) >= 11 is 8.47. The summed E-state index contributed by atoms with van der Waals surface area (Å²) in [6, 6.07) is 4.13. The molecule has 3 aliphatic rings. The van der Waals surface area contributed by atoms with Crippen LogP contribution in [-0.2, 0) is 4.74 Å². The number of aliphatic hydroxyl groups excluding tert-OH is 1. The maximum absolute atomic E-state index is 9.12. The van der Waals surface area contributed by atoms with Gasteiger partial charge >= 0.3 is 0 Å². The molecule has 1 aromatic carbocycles. The number of thioether (sulfide) groups is 1. The number of benzene rings is 1. The zero-order valence-electron chi connectivity index (χ0n) is 16.8. The number of aromatic nitrogens is 2. The summed E-state index contributed by atoms with van der Waals surface area (Å²) in [6.45, 7) is 4.69. The molecule has 1 unspecified atom stereocenters. The van der Waals surface area contributed by atoms with Crippen LogP contribution in [0.15, 0.2) is 17.3 Å². The van der Waals surface area contributed by atoms with Crippen LogP contribution in [-0.4, -0.2) is 76.8 Å². The number of aromatic amines is 1. The Morgan fingerprint density at radius 2 is 1.83 bits per heavy atom. The Balaban J connectivity index is 0.00000128. The number of hydrogen-bond acceptors (Lipinski definition) is 6. The summed E-state index contributed by atoms with van der Waals surface area (Å²) in [5.41, 5.74) is 3.05. The summed E-state index contributed by atoms with van der Waals surface area (Å²) in [7, 11) is 0. The van der Waals surface area contributed by atoms with E-state index in [-0.39, 0.29) is 31.4 Å². The number of fused-ring (bicyclic) bond motifs is 3. The highest BCUT2D eigenvalue weighted by molar-refractivity contribution is 7.99. The van der Waals surface area contributed by atoms with Crippen LogP contribution in [0.2, 0.25) is 5.02 Å². The first kappa shape index (κ1) is 24.2. The van der Waals surface area contributed by atoms with Gasteiger partial charge in [0, 0.05) is 38.0 Å². The number of rotatable bonds is 5. The molecule has 168 valence electrons. The number of anilines is 1. The predicted octanol–water partition coefficient (Wildman–Crippen LogP) is 3.98. The van der Waals surface area contributed by atoms with Crippen LogP contribution in [0.1, 0.15) is 25.7 Å². The van der Waals surface area contributed by atoms with Gasteiger partial charge in [0.2, 0.25) is 0 Å². The van der Waals surface area contributed by atoms with Crippen LogP contribution in [0.5, 0.6) is 0 Å². The molecule has 5 rings (SSSR count). The van der Waals surface area contributed by atoms with Crippen LogP contribution in [0.25, 0.3) is 11.0 Å². The normalized spacial score (nSPS) is 26.5. The maximum Gasteiger partial charge on any atom is 0.166 e. The number of β-amino-alcohol motifs (C(OH)–C–C–N with tert-alkyl or cyclic N) is 1. The number of halogens is 3. The summed E-state index contributed by atoms with van der Waals surface area (Å²) < 4.78 is 5.96. The Bertz CT molecular complexity index is 835. The molecule has 3 fully saturated rings. The lowest BCUT2D eigenvalue weighted by Gasteiger charge is -2.36. The lowest BCUT2D eigenvalue weighted by atomic mass is 10.1. The molecule has 3 saturated heterocycles. The lowest BCUT2D eigenvalue weighted by Crippen LogP contribution is -2.47. The van der Waals surface area contributed by atoms with Crippen molar-refractivity contribution in [1.82, 2.24) is 14.9 Å². The second-order valence-corrected chi connectivity index (χ2v) is 9.78. The minimum absolute atomic E-state index is 0. The first-order valence-corrected chi connectivity index (χ1v) is 11.5. The van der Waals surface area contributed by atoms with Gasteiger partial charge in [0.1, 0.15) is 0 Å². The number of nitrogens with zero attached hydrogens (tertiary/aromatic N) is 3. The van der Waals surface area contributed by atoms with Gasteiger partial charge in [-0.25, -0.2) is 4.98 Å². The molecule has 0 saturated carbocycles. The number of hydrogen-bond donors (Lipinski definition) is 2. The minimum atomic E-state index is 0. The van der Waals surface area contributed by atoms with Crippen molar-refractivity contribution in [2.24, 2.45) is 0 Å². The van der Waals surface area contributed by atoms with Gasteiger partial charge in [-0.15, -0.1) is 24.8 Å². The fourth-order valence-corrected chi connectivity index (χ4v) is 6.25. The smallest absolute Gasteiger partial charge is 0.166 e. The van der Waals surface area contributed by atoms with Crippen LogP contribution in [0.4, 0.5) is 5.69 Å². The third kappa shape index (κ3) is 5.14. The Labute approximate surface area is 198 Å². The predicted molar refractivity (Wildman–Crippen MR) is 128 cm³/mol. The van der Waals surface area contributed by atoms with Crippen molar-refractivity contribution in [2.75, 3.05) is 44.2 Å². The molecular formula is C20H29Cl3N4O2S. The zero-order valence-corrected chi connectivity index (χ0v) is 20.0. The molecule has 6 nitrogen and oxygen atoms in total. The highest BCUT2D eigenvalue weighted by Gasteiger charge is 2.35. The zero-order chi connectivity index (χ0) is 19.1. The molecule has 2 N–H and O–H groups in total. The Morgan fingerprint density at radius 3 is 2.50 bits per heavy atom. The van der Waals surface area contributed by atoms with Crippen molar-refractivity contribution in [3.8, 4) is 0 Å². The van der Waals surface area contributed by atoms with Gasteiger partial charge in [0.15, 0.2) is 5.16 Å². The average Bonchev–Trinajstić information content (AvgIpc) is 3.23. The summed E-state index contributed by atoms with van der Waals surface area (Å²) in [5, 5.41) is 11.5. The van der Waals surface area contributed by atoms with E-state index < -0.39 is 0 Å². The molecule has 2 bridgehead atoms. The molecule has 0 amide bonds. The van der Waals surface area contributed by atoms with E-state index in [4.69, 9.17) is 26.4 Å². The molecule has 0 radical (unpaired) electrons. The fraction of sp³-hybridized carbons (Fsp3) is 0.650. The van der Waals surface area contributed by atoms with Gasteiger partial charge in [-0.05, 0) is 37.8 Å². The molecule has 1 aromatic heterocycles. The Kier molecular flexibility index (Phi) is 8.46. The van der Waals surface area contributed by atoms with E-state index >= 15 is 0 Å². The van der Waals surface area contributed by atoms with Gasteiger partial charge in [-0.3, -0.25) is 4.90 Å². The van der Waals surface area contributed by atoms with Gasteiger partial charge < -0.3 is 19.7 Å². The van der Waals surface area contributed by atoms with Crippen molar-refractivity contribution in [3.05, 3.63) is 17.2 Å². The first-order valence-electron chi connectivity index (χ1n) is 10.3. The van der Waals surface area contributed by atoms with E-state index in [1.165, 1.54) is 12.8 Å². The molecule has 2 aromatic rings. The third-order valence-electron chi connectivity index (χ3n) is 6.18. The highest BCUT2D eigenvalue weighted by atomic mass is 35.5. The molecule has 0 spiro atoms. The third-order valence-corrected chi connectivity index (χ3v) is 7.62. The molecule has 3 atom stereocenters. The quantitative estimate of drug-likeness (QED) is 0.654. The maximum atomic E-state index is 9.12. The standard InChI is InChI=1S/C20H27ClN4O2S.2ClH/c21-16-11-17-18(12-19(16)25-5-3-24(4-6-25)7-8-26)23-20(22-17)28-15-9-13-1-2-14(10-15)27-13;;/h11-15,26H,1-10H2,(H,22,23);2*1H/t13-,14+,15?;;. The van der Waals surface area contributed by atoms with Crippen molar-refractivity contribution in [3.63, 3.8) is 0 Å². The number of aliphatic hydroxyl groups is 1. The Morgan fingerprint density at radius 1 is 1.13 bits per heavy atom. The second kappa shape index (κ2) is 10.5. The van der Waals surface area contributed by atoms with Gasteiger partial charge in [0.25, 0.3) is 0 Å². The van der Waals surface area contributed by atoms with E-state index in [1.807, 2.05) is 17.8 Å². The number of piperazine rings is 1. The summed E-state index contributed by atoms with van der Waals surface area (Å²) in [4.78, 5) is 12.9. The number of ether oxygens (including phenoxy) is 1. The highest BCUT2D eigenvalue weighted by Crippen LogP contribution is 2.40. The van der Waals surface area contributed by atoms with Crippen molar-refractivity contribution >= 4 is 64.9 Å². The van der Waals surface area contributed by atoms with Gasteiger partial charge in [0.05, 0.1) is 40.6 Å². The van der Waals surface area contributed by atoms with E-state index in [9.17, 15) is 0 Å². The van der Waals surface area contributed by atoms with Crippen molar-refractivity contribution in [1.29, 1.82) is 0 Å². The fourth-order valence-electron chi connectivity index (χ4n) is 4.71. The topological polar surface area (TPSA) is 64.6 Å². The van der Waals surface area contributed by atoms with Gasteiger partial charge in [-0.2, -0.15) is 0 Å². The first-order chi connectivity index (χ1) is 13.7.